The van der Waals surface area contributed by atoms with Crippen molar-refractivity contribution in [1.82, 2.24) is 0 Å². The van der Waals surface area contributed by atoms with Crippen LogP contribution in [0.1, 0.15) is 19.3 Å². The average molecular weight is 145 g/mol. The van der Waals surface area contributed by atoms with E-state index in [9.17, 15) is 4.79 Å². The lowest BCUT2D eigenvalue weighted by Gasteiger charge is -2.19. The summed E-state index contributed by atoms with van der Waals surface area (Å²) in [6.45, 7) is 0.639. The van der Waals surface area contributed by atoms with Gasteiger partial charge in [-0.25, -0.2) is 4.79 Å². The van der Waals surface area contributed by atoms with Crippen molar-refractivity contribution >= 4 is 5.97 Å². The van der Waals surface area contributed by atoms with Gasteiger partial charge >= 0.3 is 5.97 Å². The van der Waals surface area contributed by atoms with E-state index in [0.717, 1.165) is 19.3 Å². The first-order valence-electron chi connectivity index (χ1n) is 3.37. The molecule has 58 valence electrons. The summed E-state index contributed by atoms with van der Waals surface area (Å²) in [6, 6.07) is 0. The Hall–Kier alpha value is -0.610. The van der Waals surface area contributed by atoms with Crippen LogP contribution in [0, 0.1) is 0 Å². The minimum atomic E-state index is -0.459. The smallest absolute Gasteiger partial charge is 0.353 e. The van der Waals surface area contributed by atoms with Crippen molar-refractivity contribution in [2.24, 2.45) is 5.90 Å². The zero-order chi connectivity index (χ0) is 7.40. The van der Waals surface area contributed by atoms with Crippen molar-refractivity contribution in [3.05, 3.63) is 0 Å². The molecule has 0 aromatic heterocycles. The van der Waals surface area contributed by atoms with Crippen LogP contribution in [0.4, 0.5) is 0 Å². The SMILES string of the molecule is NOC(=O)C1CCCCO1. The Morgan fingerprint density at radius 1 is 1.60 bits per heavy atom. The summed E-state index contributed by atoms with van der Waals surface area (Å²) in [7, 11) is 0. The molecule has 0 aromatic carbocycles. The number of rotatable bonds is 1. The Kier molecular flexibility index (Phi) is 2.65. The Morgan fingerprint density at radius 2 is 2.40 bits per heavy atom. The van der Waals surface area contributed by atoms with E-state index >= 15 is 0 Å². The molecule has 1 rings (SSSR count). The summed E-state index contributed by atoms with van der Waals surface area (Å²) in [5.74, 6) is 4.21. The fraction of sp³-hybridized carbons (Fsp3) is 0.833. The van der Waals surface area contributed by atoms with Crippen molar-refractivity contribution in [1.29, 1.82) is 0 Å². The van der Waals surface area contributed by atoms with Gasteiger partial charge in [0.25, 0.3) is 0 Å². The highest BCUT2D eigenvalue weighted by molar-refractivity contribution is 5.74. The maximum atomic E-state index is 10.7. The third-order valence-electron chi connectivity index (χ3n) is 1.56. The van der Waals surface area contributed by atoms with Gasteiger partial charge in [-0.1, -0.05) is 0 Å². The van der Waals surface area contributed by atoms with Crippen molar-refractivity contribution < 1.29 is 14.4 Å². The first-order valence-corrected chi connectivity index (χ1v) is 3.37. The summed E-state index contributed by atoms with van der Waals surface area (Å²) >= 11 is 0. The van der Waals surface area contributed by atoms with Crippen molar-refractivity contribution in [3.8, 4) is 0 Å². The van der Waals surface area contributed by atoms with Gasteiger partial charge < -0.3 is 9.57 Å². The Balaban J connectivity index is 2.31. The molecule has 1 aliphatic heterocycles. The van der Waals surface area contributed by atoms with E-state index in [1.54, 1.807) is 0 Å². The van der Waals surface area contributed by atoms with Crippen LogP contribution in [-0.2, 0) is 14.4 Å². The van der Waals surface area contributed by atoms with Crippen molar-refractivity contribution in [2.45, 2.75) is 25.4 Å². The highest BCUT2D eigenvalue weighted by Crippen LogP contribution is 2.12. The molecular weight excluding hydrogens is 134 g/mol. The predicted octanol–water partition coefficient (Wildman–Crippen LogP) is -0.0276. The topological polar surface area (TPSA) is 61.5 Å². The van der Waals surface area contributed by atoms with Gasteiger partial charge in [-0.15, -0.1) is 0 Å². The molecule has 10 heavy (non-hydrogen) atoms. The second kappa shape index (κ2) is 3.53. The maximum absolute atomic E-state index is 10.7. The van der Waals surface area contributed by atoms with Gasteiger partial charge in [0.1, 0.15) is 0 Å². The number of carbonyl (C=O) groups is 1. The van der Waals surface area contributed by atoms with Crippen LogP contribution in [0.15, 0.2) is 0 Å². The van der Waals surface area contributed by atoms with E-state index in [4.69, 9.17) is 4.74 Å². The summed E-state index contributed by atoms with van der Waals surface area (Å²) in [5.41, 5.74) is 0. The number of ether oxygens (including phenoxy) is 1. The third-order valence-corrected chi connectivity index (χ3v) is 1.56. The van der Waals surface area contributed by atoms with Crippen LogP contribution in [0.2, 0.25) is 0 Å². The molecule has 1 unspecified atom stereocenters. The second-order valence-corrected chi connectivity index (χ2v) is 2.29. The van der Waals surface area contributed by atoms with Crippen LogP contribution in [-0.4, -0.2) is 18.7 Å². The van der Waals surface area contributed by atoms with Gasteiger partial charge in [-0.2, -0.15) is 5.90 Å². The lowest BCUT2D eigenvalue weighted by Crippen LogP contribution is -2.31. The molecule has 4 heteroatoms. The minimum Gasteiger partial charge on any atom is -0.371 e. The van der Waals surface area contributed by atoms with Gasteiger partial charge in [0.05, 0.1) is 0 Å². The Bertz CT molecular complexity index is 120. The number of carbonyl (C=O) groups excluding carboxylic acids is 1. The quantitative estimate of drug-likeness (QED) is 0.526. The summed E-state index contributed by atoms with van der Waals surface area (Å²) in [4.78, 5) is 14.7. The fourth-order valence-corrected chi connectivity index (χ4v) is 1.00. The van der Waals surface area contributed by atoms with Crippen LogP contribution in [0.5, 0.6) is 0 Å². The average Bonchev–Trinajstić information content (AvgIpc) is 2.05. The van der Waals surface area contributed by atoms with Crippen LogP contribution in [0.25, 0.3) is 0 Å². The van der Waals surface area contributed by atoms with E-state index in [-0.39, 0.29) is 0 Å². The number of hydrogen-bond donors (Lipinski definition) is 1. The molecule has 0 aromatic rings. The zero-order valence-corrected chi connectivity index (χ0v) is 5.71. The number of hydrogen-bond acceptors (Lipinski definition) is 4. The molecule has 0 saturated carbocycles. The monoisotopic (exact) mass is 145 g/mol. The zero-order valence-electron chi connectivity index (χ0n) is 5.71. The maximum Gasteiger partial charge on any atom is 0.353 e. The molecule has 4 nitrogen and oxygen atoms in total. The molecule has 1 atom stereocenters. The molecule has 0 bridgehead atoms. The molecule has 0 spiro atoms. The minimum absolute atomic E-state index is 0.418. The van der Waals surface area contributed by atoms with Crippen LogP contribution in [0.3, 0.4) is 0 Å². The molecule has 1 fully saturated rings. The largest absolute Gasteiger partial charge is 0.371 e. The molecule has 1 heterocycles. The third kappa shape index (κ3) is 1.68. The van der Waals surface area contributed by atoms with E-state index in [2.05, 4.69) is 10.7 Å². The highest BCUT2D eigenvalue weighted by atomic mass is 16.7. The standard InChI is InChI=1S/C6H11NO3/c7-10-6(8)5-3-1-2-4-9-5/h5H,1-4,7H2. The molecule has 0 amide bonds. The van der Waals surface area contributed by atoms with Gasteiger partial charge in [0.15, 0.2) is 6.10 Å². The normalized spacial score (nSPS) is 25.9. The van der Waals surface area contributed by atoms with E-state index < -0.39 is 12.1 Å². The molecule has 0 radical (unpaired) electrons. The first kappa shape index (κ1) is 7.50. The Labute approximate surface area is 59.2 Å². The fourth-order valence-electron chi connectivity index (χ4n) is 1.00. The molecule has 2 N–H and O–H groups in total. The van der Waals surface area contributed by atoms with E-state index in [0.29, 0.717) is 6.61 Å². The molecule has 0 aliphatic carbocycles. The Morgan fingerprint density at radius 3 is 2.90 bits per heavy atom. The van der Waals surface area contributed by atoms with Crippen molar-refractivity contribution in [2.75, 3.05) is 6.61 Å². The predicted molar refractivity (Wildman–Crippen MR) is 33.9 cm³/mol. The number of nitrogens with two attached hydrogens (primary N) is 1. The van der Waals surface area contributed by atoms with Crippen LogP contribution >= 0.6 is 0 Å². The van der Waals surface area contributed by atoms with Gasteiger partial charge in [-0.05, 0) is 19.3 Å². The summed E-state index contributed by atoms with van der Waals surface area (Å²) in [6.07, 6.45) is 2.35. The molecular formula is C6H11NO3. The lowest BCUT2D eigenvalue weighted by atomic mass is 10.1. The van der Waals surface area contributed by atoms with Gasteiger partial charge in [0, 0.05) is 6.61 Å². The lowest BCUT2D eigenvalue weighted by molar-refractivity contribution is -0.160. The van der Waals surface area contributed by atoms with Gasteiger partial charge in [-0.3, -0.25) is 0 Å². The van der Waals surface area contributed by atoms with E-state index in [1.165, 1.54) is 0 Å². The summed E-state index contributed by atoms with van der Waals surface area (Å²) < 4.78 is 5.08. The first-order chi connectivity index (χ1) is 4.84. The highest BCUT2D eigenvalue weighted by Gasteiger charge is 2.22. The summed E-state index contributed by atoms with van der Waals surface area (Å²) in [5, 5.41) is 0. The van der Waals surface area contributed by atoms with Crippen LogP contribution < -0.4 is 5.90 Å². The van der Waals surface area contributed by atoms with E-state index in [1.807, 2.05) is 0 Å². The van der Waals surface area contributed by atoms with Gasteiger partial charge in [0.2, 0.25) is 0 Å². The second-order valence-electron chi connectivity index (χ2n) is 2.29. The molecule has 1 saturated heterocycles. The molecule has 1 aliphatic rings. The van der Waals surface area contributed by atoms with Crippen molar-refractivity contribution in [3.63, 3.8) is 0 Å².